The third kappa shape index (κ3) is 5.11. The number of carbonyl (C=O) groups is 1. The number of hydrogen-bond acceptors (Lipinski definition) is 3. The van der Waals surface area contributed by atoms with Crippen molar-refractivity contribution >= 4 is 27.9 Å². The van der Waals surface area contributed by atoms with E-state index in [1.165, 1.54) is 38.5 Å². The topological polar surface area (TPSA) is 38.8 Å². The minimum atomic E-state index is 0.157. The molecular formula is C23H32BrNO3. The molecule has 0 radical (unpaired) electrons. The summed E-state index contributed by atoms with van der Waals surface area (Å²) in [7, 11) is 3.24. The molecule has 0 heterocycles. The Morgan fingerprint density at radius 1 is 0.964 bits per heavy atom. The summed E-state index contributed by atoms with van der Waals surface area (Å²) in [4.78, 5) is 15.5. The maximum Gasteiger partial charge on any atom is 0.247 e. The smallest absolute Gasteiger partial charge is 0.247 e. The van der Waals surface area contributed by atoms with Crippen molar-refractivity contribution in [2.45, 2.75) is 76.3 Å². The monoisotopic (exact) mass is 449 g/mol. The highest BCUT2D eigenvalue weighted by Gasteiger charge is 2.31. The molecule has 3 rings (SSSR count). The van der Waals surface area contributed by atoms with Crippen LogP contribution in [0.25, 0.3) is 6.08 Å². The average Bonchev–Trinajstić information content (AvgIpc) is 2.73. The van der Waals surface area contributed by atoms with Gasteiger partial charge < -0.3 is 14.4 Å². The van der Waals surface area contributed by atoms with Crippen LogP contribution in [0.15, 0.2) is 22.7 Å². The number of ether oxygens (including phenoxy) is 2. The Labute approximate surface area is 177 Å². The van der Waals surface area contributed by atoms with E-state index >= 15 is 0 Å². The van der Waals surface area contributed by atoms with Crippen LogP contribution in [-0.2, 0) is 4.79 Å². The number of benzene rings is 1. The number of amides is 1. The summed E-state index contributed by atoms with van der Waals surface area (Å²) >= 11 is 3.53. The van der Waals surface area contributed by atoms with Gasteiger partial charge in [-0.3, -0.25) is 4.79 Å². The summed E-state index contributed by atoms with van der Waals surface area (Å²) in [6, 6.07) is 4.67. The zero-order valence-corrected chi connectivity index (χ0v) is 18.7. The second kappa shape index (κ2) is 10.3. The highest BCUT2D eigenvalue weighted by Crippen LogP contribution is 2.37. The van der Waals surface area contributed by atoms with Gasteiger partial charge in [-0.2, -0.15) is 0 Å². The average molecular weight is 450 g/mol. The number of halogens is 1. The molecule has 2 fully saturated rings. The van der Waals surface area contributed by atoms with Crippen molar-refractivity contribution in [2.24, 2.45) is 0 Å². The molecule has 0 bridgehead atoms. The van der Waals surface area contributed by atoms with Gasteiger partial charge in [0.25, 0.3) is 0 Å². The van der Waals surface area contributed by atoms with E-state index in [4.69, 9.17) is 9.47 Å². The number of methoxy groups -OCH3 is 2. The molecule has 0 atom stereocenters. The maximum atomic E-state index is 13.2. The van der Waals surface area contributed by atoms with Gasteiger partial charge in [0.15, 0.2) is 11.5 Å². The lowest BCUT2D eigenvalue weighted by Gasteiger charge is -2.41. The lowest BCUT2D eigenvalue weighted by Crippen LogP contribution is -2.48. The Morgan fingerprint density at radius 3 is 2.04 bits per heavy atom. The standard InChI is InChI=1S/C23H32BrNO3/c1-27-21-16-17(15-20(24)23(21)28-2)13-14-22(26)25(18-9-5-3-6-10-18)19-11-7-4-8-12-19/h13-16,18-19H,3-12H2,1-2H3/b14-13+. The van der Waals surface area contributed by atoms with E-state index in [-0.39, 0.29) is 5.91 Å². The molecule has 1 amide bonds. The fraction of sp³-hybridized carbons (Fsp3) is 0.609. The van der Waals surface area contributed by atoms with Crippen molar-refractivity contribution in [1.29, 1.82) is 0 Å². The van der Waals surface area contributed by atoms with E-state index in [9.17, 15) is 4.79 Å². The van der Waals surface area contributed by atoms with Gasteiger partial charge in [0.2, 0.25) is 5.91 Å². The Morgan fingerprint density at radius 2 is 1.54 bits per heavy atom. The van der Waals surface area contributed by atoms with Gasteiger partial charge in [-0.25, -0.2) is 0 Å². The Balaban J connectivity index is 1.79. The van der Waals surface area contributed by atoms with Gasteiger partial charge in [0, 0.05) is 18.2 Å². The normalized spacial score (nSPS) is 19.0. The summed E-state index contributed by atoms with van der Waals surface area (Å²) in [5.41, 5.74) is 0.921. The second-order valence-electron chi connectivity index (χ2n) is 7.90. The van der Waals surface area contributed by atoms with Gasteiger partial charge in [0.1, 0.15) is 0 Å². The Kier molecular flexibility index (Phi) is 7.83. The van der Waals surface area contributed by atoms with Crippen LogP contribution in [0.3, 0.4) is 0 Å². The molecule has 5 heteroatoms. The van der Waals surface area contributed by atoms with Gasteiger partial charge >= 0.3 is 0 Å². The first-order chi connectivity index (χ1) is 13.6. The molecule has 0 aliphatic heterocycles. The molecule has 28 heavy (non-hydrogen) atoms. The lowest BCUT2D eigenvalue weighted by molar-refractivity contribution is -0.132. The van der Waals surface area contributed by atoms with Crippen molar-refractivity contribution in [2.75, 3.05) is 14.2 Å². The summed E-state index contributed by atoms with van der Waals surface area (Å²) in [5, 5.41) is 0. The van der Waals surface area contributed by atoms with Gasteiger partial charge in [0.05, 0.1) is 18.7 Å². The molecule has 0 unspecified atom stereocenters. The SMILES string of the molecule is COc1cc(/C=C/C(=O)N(C2CCCCC2)C2CCCCC2)cc(Br)c1OC. The van der Waals surface area contributed by atoms with Crippen LogP contribution in [0.2, 0.25) is 0 Å². The van der Waals surface area contributed by atoms with Crippen molar-refractivity contribution in [1.82, 2.24) is 4.90 Å². The number of carbonyl (C=O) groups excluding carboxylic acids is 1. The van der Waals surface area contributed by atoms with E-state index in [0.717, 1.165) is 35.7 Å². The molecule has 0 spiro atoms. The van der Waals surface area contributed by atoms with E-state index in [1.807, 2.05) is 18.2 Å². The molecule has 0 N–H and O–H groups in total. The van der Waals surface area contributed by atoms with Crippen molar-refractivity contribution in [3.05, 3.63) is 28.2 Å². The number of nitrogens with zero attached hydrogens (tertiary/aromatic N) is 1. The summed E-state index contributed by atoms with van der Waals surface area (Å²) < 4.78 is 11.6. The Bertz CT molecular complexity index is 673. The third-order valence-corrected chi connectivity index (χ3v) is 6.65. The molecule has 1 aromatic rings. The minimum absolute atomic E-state index is 0.157. The molecule has 154 valence electrons. The maximum absolute atomic E-state index is 13.2. The molecule has 2 aliphatic rings. The molecule has 1 aromatic carbocycles. The molecule has 4 nitrogen and oxygen atoms in total. The minimum Gasteiger partial charge on any atom is -0.493 e. The van der Waals surface area contributed by atoms with E-state index in [0.29, 0.717) is 23.6 Å². The largest absolute Gasteiger partial charge is 0.493 e. The highest BCUT2D eigenvalue weighted by molar-refractivity contribution is 9.10. The summed E-state index contributed by atoms with van der Waals surface area (Å²) in [5.74, 6) is 1.47. The van der Waals surface area contributed by atoms with Crippen LogP contribution in [-0.4, -0.2) is 37.1 Å². The molecule has 2 saturated carbocycles. The van der Waals surface area contributed by atoms with Gasteiger partial charge in [-0.15, -0.1) is 0 Å². The van der Waals surface area contributed by atoms with Gasteiger partial charge in [-0.05, 0) is 65.4 Å². The quantitative estimate of drug-likeness (QED) is 0.501. The van der Waals surface area contributed by atoms with Crippen LogP contribution in [0.5, 0.6) is 11.5 Å². The number of rotatable bonds is 6. The highest BCUT2D eigenvalue weighted by atomic mass is 79.9. The van der Waals surface area contributed by atoms with Crippen molar-refractivity contribution in [3.63, 3.8) is 0 Å². The molecule has 2 aliphatic carbocycles. The van der Waals surface area contributed by atoms with E-state index in [2.05, 4.69) is 20.8 Å². The zero-order valence-electron chi connectivity index (χ0n) is 17.1. The number of hydrogen-bond donors (Lipinski definition) is 0. The second-order valence-corrected chi connectivity index (χ2v) is 8.76. The lowest BCUT2D eigenvalue weighted by atomic mass is 9.88. The van der Waals surface area contributed by atoms with Crippen molar-refractivity contribution in [3.8, 4) is 11.5 Å². The summed E-state index contributed by atoms with van der Waals surface area (Å²) in [6.45, 7) is 0. The van der Waals surface area contributed by atoms with Crippen molar-refractivity contribution < 1.29 is 14.3 Å². The predicted molar refractivity (Wildman–Crippen MR) is 117 cm³/mol. The molecule has 0 saturated heterocycles. The van der Waals surface area contributed by atoms with Gasteiger partial charge in [-0.1, -0.05) is 38.5 Å². The molecular weight excluding hydrogens is 418 g/mol. The fourth-order valence-electron chi connectivity index (χ4n) is 4.66. The fourth-order valence-corrected chi connectivity index (χ4v) is 5.29. The zero-order chi connectivity index (χ0) is 19.9. The molecule has 0 aromatic heterocycles. The Hall–Kier alpha value is -1.49. The van der Waals surface area contributed by atoms with Crippen LogP contribution in [0.4, 0.5) is 0 Å². The van der Waals surface area contributed by atoms with Crippen LogP contribution >= 0.6 is 15.9 Å². The first kappa shape index (κ1) is 21.2. The predicted octanol–water partition coefficient (Wildman–Crippen LogP) is 5.97. The first-order valence-electron chi connectivity index (χ1n) is 10.6. The van der Waals surface area contributed by atoms with E-state index in [1.54, 1.807) is 20.3 Å². The summed E-state index contributed by atoms with van der Waals surface area (Å²) in [6.07, 6.45) is 15.8. The van der Waals surface area contributed by atoms with Crippen LogP contribution in [0, 0.1) is 0 Å². The van der Waals surface area contributed by atoms with Crippen LogP contribution < -0.4 is 9.47 Å². The van der Waals surface area contributed by atoms with E-state index < -0.39 is 0 Å². The van der Waals surface area contributed by atoms with Crippen LogP contribution in [0.1, 0.15) is 69.8 Å². The third-order valence-electron chi connectivity index (χ3n) is 6.06. The first-order valence-corrected chi connectivity index (χ1v) is 11.3.